The molecule has 1 atom stereocenters. The molecule has 32 heavy (non-hydrogen) atoms. The molecule has 3 aromatic rings. The van der Waals surface area contributed by atoms with E-state index in [2.05, 4.69) is 24.1 Å². The lowest BCUT2D eigenvalue weighted by Crippen LogP contribution is -2.36. The Bertz CT molecular complexity index is 1230. The Morgan fingerprint density at radius 3 is 2.66 bits per heavy atom. The quantitative estimate of drug-likeness (QED) is 0.667. The summed E-state index contributed by atoms with van der Waals surface area (Å²) in [5.74, 6) is 2.51. The number of nitrogens with zero attached hydrogens (tertiary/aromatic N) is 4. The van der Waals surface area contributed by atoms with Crippen molar-refractivity contribution >= 4 is 11.7 Å². The highest BCUT2D eigenvalue weighted by molar-refractivity contribution is 6.00. The number of anilines is 1. The predicted molar refractivity (Wildman–Crippen MR) is 120 cm³/mol. The van der Waals surface area contributed by atoms with Crippen LogP contribution in [0, 0.1) is 5.41 Å². The summed E-state index contributed by atoms with van der Waals surface area (Å²) in [7, 11) is 3.20. The number of nitrogens with one attached hydrogen (secondary N) is 1. The van der Waals surface area contributed by atoms with Gasteiger partial charge in [0.25, 0.3) is 0 Å². The smallest absolute Gasteiger partial charge is 0.226 e. The lowest BCUT2D eigenvalue weighted by molar-refractivity contribution is -0.118. The van der Waals surface area contributed by atoms with Gasteiger partial charge in [0, 0.05) is 35.6 Å². The number of hydrogen-bond donors (Lipinski definition) is 1. The van der Waals surface area contributed by atoms with Crippen LogP contribution in [0.1, 0.15) is 38.3 Å². The SMILES string of the molecule is COc1ccc(-c2nc3n(n2)[C@@H](c2cccnc2)C2=C(CC(C)(C)CC2=O)N3)cc1OC. The van der Waals surface area contributed by atoms with E-state index >= 15 is 0 Å². The average molecular weight is 431 g/mol. The van der Waals surface area contributed by atoms with Crippen molar-refractivity contribution in [2.45, 2.75) is 32.7 Å². The van der Waals surface area contributed by atoms with Gasteiger partial charge in [0.1, 0.15) is 6.04 Å². The third-order valence-corrected chi connectivity index (χ3v) is 5.97. The first-order chi connectivity index (χ1) is 15.4. The van der Waals surface area contributed by atoms with Gasteiger partial charge in [-0.3, -0.25) is 9.78 Å². The second-order valence-corrected chi connectivity index (χ2v) is 8.92. The number of methoxy groups -OCH3 is 2. The van der Waals surface area contributed by atoms with Gasteiger partial charge in [-0.05, 0) is 41.7 Å². The van der Waals surface area contributed by atoms with Gasteiger partial charge in [0.15, 0.2) is 23.1 Å². The van der Waals surface area contributed by atoms with E-state index in [0.29, 0.717) is 29.7 Å². The number of aromatic nitrogens is 4. The fourth-order valence-electron chi connectivity index (χ4n) is 4.55. The van der Waals surface area contributed by atoms with E-state index in [-0.39, 0.29) is 17.2 Å². The second-order valence-electron chi connectivity index (χ2n) is 8.92. The van der Waals surface area contributed by atoms with Crippen molar-refractivity contribution < 1.29 is 14.3 Å². The van der Waals surface area contributed by atoms with E-state index < -0.39 is 0 Å². The molecule has 1 aliphatic carbocycles. The van der Waals surface area contributed by atoms with E-state index in [1.54, 1.807) is 31.3 Å². The number of carbonyl (C=O) groups excluding carboxylic acids is 1. The molecule has 0 saturated carbocycles. The van der Waals surface area contributed by atoms with Crippen molar-refractivity contribution in [3.05, 3.63) is 59.6 Å². The minimum atomic E-state index is -0.375. The van der Waals surface area contributed by atoms with Gasteiger partial charge >= 0.3 is 0 Å². The number of allylic oxidation sites excluding steroid dienone is 2. The highest BCUT2D eigenvalue weighted by Gasteiger charge is 2.42. The van der Waals surface area contributed by atoms with Crippen LogP contribution in [-0.4, -0.2) is 39.8 Å². The number of hydrogen-bond acceptors (Lipinski definition) is 7. The monoisotopic (exact) mass is 431 g/mol. The van der Waals surface area contributed by atoms with Crippen molar-refractivity contribution in [1.82, 2.24) is 19.7 Å². The Morgan fingerprint density at radius 2 is 1.94 bits per heavy atom. The Kier molecular flexibility index (Phi) is 4.73. The number of fused-ring (bicyclic) bond motifs is 1. The van der Waals surface area contributed by atoms with Crippen LogP contribution in [0.4, 0.5) is 5.95 Å². The van der Waals surface area contributed by atoms with Crippen LogP contribution < -0.4 is 14.8 Å². The van der Waals surface area contributed by atoms with Crippen molar-refractivity contribution in [2.75, 3.05) is 19.5 Å². The first kappa shape index (κ1) is 20.2. The lowest BCUT2D eigenvalue weighted by Gasteiger charge is -2.38. The number of benzene rings is 1. The lowest BCUT2D eigenvalue weighted by atomic mass is 9.73. The van der Waals surface area contributed by atoms with Gasteiger partial charge in [-0.1, -0.05) is 19.9 Å². The first-order valence-electron chi connectivity index (χ1n) is 10.5. The standard InChI is InChI=1S/C24H25N5O3/c1-24(2)11-16-20(17(30)12-24)21(15-6-5-9-25-13-15)29-23(26-16)27-22(28-29)14-7-8-18(31-3)19(10-14)32-4/h5-10,13,21H,11-12H2,1-4H3,(H,26,27,28)/t21-/m0/s1. The molecule has 2 aliphatic rings. The zero-order valence-corrected chi connectivity index (χ0v) is 18.5. The normalized spacial score (nSPS) is 19.1. The highest BCUT2D eigenvalue weighted by Crippen LogP contribution is 2.45. The van der Waals surface area contributed by atoms with Crippen LogP contribution in [-0.2, 0) is 4.79 Å². The molecular formula is C24H25N5O3. The summed E-state index contributed by atoms with van der Waals surface area (Å²) in [5, 5.41) is 8.20. The summed E-state index contributed by atoms with van der Waals surface area (Å²) < 4.78 is 12.6. The van der Waals surface area contributed by atoms with Gasteiger partial charge in [0.2, 0.25) is 5.95 Å². The molecule has 8 heteroatoms. The van der Waals surface area contributed by atoms with Crippen LogP contribution in [0.5, 0.6) is 11.5 Å². The topological polar surface area (TPSA) is 91.2 Å². The molecule has 0 amide bonds. The minimum absolute atomic E-state index is 0.114. The summed E-state index contributed by atoms with van der Waals surface area (Å²) >= 11 is 0. The van der Waals surface area contributed by atoms with Crippen molar-refractivity contribution in [3.63, 3.8) is 0 Å². The molecule has 0 bridgehead atoms. The summed E-state index contributed by atoms with van der Waals surface area (Å²) in [6.45, 7) is 4.23. The first-order valence-corrected chi connectivity index (χ1v) is 10.5. The zero-order valence-electron chi connectivity index (χ0n) is 18.5. The zero-order chi connectivity index (χ0) is 22.5. The van der Waals surface area contributed by atoms with E-state index in [1.165, 1.54) is 0 Å². The van der Waals surface area contributed by atoms with Crippen LogP contribution in [0.25, 0.3) is 11.4 Å². The molecule has 1 aromatic carbocycles. The number of carbonyl (C=O) groups is 1. The second kappa shape index (κ2) is 7.47. The Labute approximate surface area is 186 Å². The molecule has 8 nitrogen and oxygen atoms in total. The van der Waals surface area contributed by atoms with Gasteiger partial charge < -0.3 is 14.8 Å². The van der Waals surface area contributed by atoms with Crippen molar-refractivity contribution in [3.8, 4) is 22.9 Å². The van der Waals surface area contributed by atoms with E-state index in [4.69, 9.17) is 19.6 Å². The minimum Gasteiger partial charge on any atom is -0.493 e. The summed E-state index contributed by atoms with van der Waals surface area (Å²) in [4.78, 5) is 22.3. The van der Waals surface area contributed by atoms with Gasteiger partial charge in [-0.25, -0.2) is 4.68 Å². The molecule has 0 saturated heterocycles. The average Bonchev–Trinajstić information content (AvgIpc) is 3.20. The van der Waals surface area contributed by atoms with Crippen LogP contribution >= 0.6 is 0 Å². The summed E-state index contributed by atoms with van der Waals surface area (Å²) in [5.41, 5.74) is 3.24. The third kappa shape index (κ3) is 3.32. The molecule has 164 valence electrons. The van der Waals surface area contributed by atoms with E-state index in [0.717, 1.165) is 28.8 Å². The number of ether oxygens (including phenoxy) is 2. The Hall–Kier alpha value is -3.68. The molecule has 2 aromatic heterocycles. The largest absolute Gasteiger partial charge is 0.493 e. The third-order valence-electron chi connectivity index (χ3n) is 5.97. The molecule has 0 fully saturated rings. The van der Waals surface area contributed by atoms with E-state index in [1.807, 2.05) is 30.3 Å². The maximum absolute atomic E-state index is 13.3. The highest BCUT2D eigenvalue weighted by atomic mass is 16.5. The fourth-order valence-corrected chi connectivity index (χ4v) is 4.55. The molecule has 0 spiro atoms. The number of Topliss-reactive ketones (excluding diaryl/α,β-unsaturated/α-hetero) is 1. The van der Waals surface area contributed by atoms with Gasteiger partial charge in [0.05, 0.1) is 14.2 Å². The summed E-state index contributed by atoms with van der Waals surface area (Å²) in [6.07, 6.45) is 4.78. The molecule has 0 radical (unpaired) electrons. The maximum atomic E-state index is 13.3. The fraction of sp³-hybridized carbons (Fsp3) is 0.333. The van der Waals surface area contributed by atoms with Gasteiger partial charge in [-0.2, -0.15) is 4.98 Å². The van der Waals surface area contributed by atoms with Crippen molar-refractivity contribution in [2.24, 2.45) is 5.41 Å². The number of ketones is 1. The summed E-state index contributed by atoms with van der Waals surface area (Å²) in [6, 6.07) is 9.04. The number of pyridine rings is 1. The molecule has 3 heterocycles. The Balaban J connectivity index is 1.65. The predicted octanol–water partition coefficient (Wildman–Crippen LogP) is 4.02. The van der Waals surface area contributed by atoms with E-state index in [9.17, 15) is 4.79 Å². The molecule has 5 rings (SSSR count). The number of rotatable bonds is 4. The Morgan fingerprint density at radius 1 is 1.12 bits per heavy atom. The molecule has 1 N–H and O–H groups in total. The molecule has 0 unspecified atom stereocenters. The molecular weight excluding hydrogens is 406 g/mol. The molecule has 1 aliphatic heterocycles. The van der Waals surface area contributed by atoms with Gasteiger partial charge in [-0.15, -0.1) is 5.10 Å². The van der Waals surface area contributed by atoms with Crippen LogP contribution in [0.3, 0.4) is 0 Å². The van der Waals surface area contributed by atoms with Crippen LogP contribution in [0.15, 0.2) is 54.0 Å². The van der Waals surface area contributed by atoms with Crippen LogP contribution in [0.2, 0.25) is 0 Å². The maximum Gasteiger partial charge on any atom is 0.226 e. The van der Waals surface area contributed by atoms with Crippen molar-refractivity contribution in [1.29, 1.82) is 0 Å².